The van der Waals surface area contributed by atoms with E-state index in [9.17, 15) is 0 Å². The number of aromatic nitrogens is 1. The summed E-state index contributed by atoms with van der Waals surface area (Å²) in [6.45, 7) is 19.3. The van der Waals surface area contributed by atoms with Gasteiger partial charge in [-0.2, -0.15) is 4.24 Å². The first kappa shape index (κ1) is 20.4. The lowest BCUT2D eigenvalue weighted by atomic mass is 9.98. The molecule has 29 heavy (non-hydrogen) atoms. The van der Waals surface area contributed by atoms with E-state index >= 15 is 0 Å². The predicted molar refractivity (Wildman–Crippen MR) is 121 cm³/mol. The fourth-order valence-electron chi connectivity index (χ4n) is 3.77. The van der Waals surface area contributed by atoms with Crippen LogP contribution in [0.1, 0.15) is 36.2 Å². The smallest absolute Gasteiger partial charge is 0.199 e. The van der Waals surface area contributed by atoms with Crippen LogP contribution in [-0.2, 0) is 0 Å². The van der Waals surface area contributed by atoms with Crippen molar-refractivity contribution in [2.75, 3.05) is 0 Å². The van der Waals surface area contributed by atoms with Crippen molar-refractivity contribution in [2.45, 2.75) is 34.6 Å². The topological polar surface area (TPSA) is 23.0 Å². The van der Waals surface area contributed by atoms with Gasteiger partial charge in [0, 0.05) is 5.56 Å². The lowest BCUT2D eigenvalue weighted by molar-refractivity contribution is -0.543. The molecule has 0 saturated carbocycles. The molecule has 3 aromatic rings. The zero-order valence-corrected chi connectivity index (χ0v) is 18.0. The summed E-state index contributed by atoms with van der Waals surface area (Å²) < 4.78 is 3.97. The van der Waals surface area contributed by atoms with Gasteiger partial charge in [0.25, 0.3) is 0 Å². The fourth-order valence-corrected chi connectivity index (χ4v) is 3.77. The Kier molecular flexibility index (Phi) is 5.88. The van der Waals surface area contributed by atoms with Gasteiger partial charge in [-0.05, 0) is 38.5 Å². The zero-order chi connectivity index (χ0) is 21.1. The number of benzene rings is 2. The van der Waals surface area contributed by atoms with Crippen molar-refractivity contribution < 1.29 is 8.82 Å². The molecule has 0 atom stereocenters. The van der Waals surface area contributed by atoms with Gasteiger partial charge in [-0.15, -0.1) is 5.69 Å². The first-order valence-corrected chi connectivity index (χ1v) is 9.80. The van der Waals surface area contributed by atoms with Crippen molar-refractivity contribution in [3.8, 4) is 0 Å². The molecule has 1 heterocycles. The quantitative estimate of drug-likeness (QED) is 0.323. The molecule has 3 nitrogen and oxygen atoms in total. The maximum absolute atomic E-state index is 4.84. The second-order valence-corrected chi connectivity index (χ2v) is 7.38. The molecule has 3 heteroatoms. The van der Waals surface area contributed by atoms with E-state index in [0.29, 0.717) is 0 Å². The van der Waals surface area contributed by atoms with E-state index in [4.69, 9.17) is 5.32 Å². The highest BCUT2D eigenvalue weighted by Crippen LogP contribution is 2.26. The number of pyridine rings is 1. The van der Waals surface area contributed by atoms with Crippen LogP contribution in [-0.4, -0.2) is 11.3 Å². The molecule has 0 unspecified atom stereocenters. The lowest BCUT2D eigenvalue weighted by Crippen LogP contribution is -2.45. The summed E-state index contributed by atoms with van der Waals surface area (Å²) in [6, 6.07) is 21.2. The number of hydrogen-bond donors (Lipinski definition) is 0. The van der Waals surface area contributed by atoms with Crippen LogP contribution in [0.15, 0.2) is 60.7 Å². The Labute approximate surface area is 174 Å². The summed E-state index contributed by atoms with van der Waals surface area (Å²) in [7, 11) is 0. The largest absolute Gasteiger partial charge is 0.656 e. The molecule has 0 N–H and O–H groups in total. The highest BCUT2D eigenvalue weighted by Gasteiger charge is 2.24. The second kappa shape index (κ2) is 8.36. The molecule has 2 aromatic carbocycles. The molecule has 0 amide bonds. The van der Waals surface area contributed by atoms with Crippen molar-refractivity contribution in [3.63, 3.8) is 0 Å². The fraction of sp³-hybridized carbons (Fsp3) is 0.192. The monoisotopic (exact) mass is 383 g/mol. The zero-order valence-electron chi connectivity index (χ0n) is 18.0. The Hall–Kier alpha value is -3.33. The summed E-state index contributed by atoms with van der Waals surface area (Å²) in [5.41, 5.74) is 7.63. The van der Waals surface area contributed by atoms with Gasteiger partial charge in [0.05, 0.1) is 6.72 Å². The van der Waals surface area contributed by atoms with Crippen LogP contribution in [0.25, 0.3) is 11.0 Å². The van der Waals surface area contributed by atoms with E-state index in [1.807, 2.05) is 64.3 Å². The predicted octanol–water partition coefficient (Wildman–Crippen LogP) is 5.32. The molecule has 0 aliphatic carbocycles. The van der Waals surface area contributed by atoms with E-state index in [0.717, 1.165) is 34.2 Å². The molecule has 0 aliphatic heterocycles. The Morgan fingerprint density at radius 1 is 0.897 bits per heavy atom. The molecule has 1 aromatic heterocycles. The number of hydrogen-bond acceptors (Lipinski definition) is 0. The molecule has 148 valence electrons. The van der Waals surface area contributed by atoms with Gasteiger partial charge in [0.15, 0.2) is 17.1 Å². The average molecular weight is 384 g/mol. The third kappa shape index (κ3) is 3.95. The molecule has 0 spiro atoms. The Balaban J connectivity index is 2.18. The summed E-state index contributed by atoms with van der Waals surface area (Å²) in [5.74, 6) is 0. The maximum atomic E-state index is 4.84. The van der Waals surface area contributed by atoms with Crippen LogP contribution < -0.4 is 9.59 Å². The van der Waals surface area contributed by atoms with Gasteiger partial charge in [0.1, 0.15) is 12.4 Å². The first-order valence-electron chi connectivity index (χ1n) is 9.80. The minimum atomic E-state index is 0.938. The second-order valence-electron chi connectivity index (χ2n) is 7.38. The van der Waals surface area contributed by atoms with Crippen LogP contribution in [0.4, 0.5) is 11.4 Å². The van der Waals surface area contributed by atoms with Crippen molar-refractivity contribution >= 4 is 23.8 Å². The maximum Gasteiger partial charge on any atom is 0.199 e. The minimum Gasteiger partial charge on any atom is -0.656 e. The SMILES string of the molecule is C=[N+](c1ccccc1)[C-](C)c1c(C)c(C)c(C)c(=C(C)[N-]c2ccccc2)[n+]1=C. The lowest BCUT2D eigenvalue weighted by Gasteiger charge is -2.23. The van der Waals surface area contributed by atoms with E-state index in [-0.39, 0.29) is 0 Å². The molecule has 3 rings (SSSR count). The van der Waals surface area contributed by atoms with Gasteiger partial charge >= 0.3 is 0 Å². The standard InChI is InChI=1S/C26H29N3/c1-18-19(2)25(21(4)27-23-14-10-8-11-15-23)29(7)26(20(18)3)22(5)28(6)24-16-12-9-13-17-24/h8-17H,6-7H2,1-5H3. The molecule has 0 fully saturated rings. The highest BCUT2D eigenvalue weighted by molar-refractivity contribution is 5.69. The van der Waals surface area contributed by atoms with Crippen LogP contribution in [0.3, 0.4) is 0 Å². The third-order valence-corrected chi connectivity index (χ3v) is 5.59. The normalized spacial score (nSPS) is 11.8. The van der Waals surface area contributed by atoms with Crippen LogP contribution in [0, 0.1) is 33.5 Å². The first-order chi connectivity index (χ1) is 13.8. The van der Waals surface area contributed by atoms with Gasteiger partial charge in [-0.3, -0.25) is 4.58 Å². The van der Waals surface area contributed by atoms with E-state index in [1.165, 1.54) is 16.7 Å². The Bertz CT molecular complexity index is 1150. The van der Waals surface area contributed by atoms with E-state index < -0.39 is 0 Å². The van der Waals surface area contributed by atoms with Crippen LogP contribution >= 0.6 is 0 Å². The number of rotatable bonds is 5. The Morgan fingerprint density at radius 3 is 2.03 bits per heavy atom. The molecular weight excluding hydrogens is 354 g/mol. The van der Waals surface area contributed by atoms with Crippen molar-refractivity contribution in [2.24, 2.45) is 0 Å². The summed E-state index contributed by atoms with van der Waals surface area (Å²) in [4.78, 5) is 0. The average Bonchev–Trinajstić information content (AvgIpc) is 2.73. The van der Waals surface area contributed by atoms with Crippen LogP contribution in [0.5, 0.6) is 0 Å². The number of nitrogens with zero attached hydrogens (tertiary/aromatic N) is 3. The van der Waals surface area contributed by atoms with Crippen molar-refractivity contribution in [3.05, 3.63) is 106 Å². The summed E-state index contributed by atoms with van der Waals surface area (Å²) in [5, 5.41) is 5.88. The molecule has 0 radical (unpaired) electrons. The molecule has 0 bridgehead atoms. The highest BCUT2D eigenvalue weighted by atomic mass is 15.1. The summed E-state index contributed by atoms with van der Waals surface area (Å²) >= 11 is 0. The Morgan fingerprint density at radius 2 is 1.45 bits per heavy atom. The van der Waals surface area contributed by atoms with Gasteiger partial charge in [-0.1, -0.05) is 73.6 Å². The van der Waals surface area contributed by atoms with Gasteiger partial charge in [0.2, 0.25) is 0 Å². The van der Waals surface area contributed by atoms with Gasteiger partial charge in [-0.25, -0.2) is 0 Å². The molecular formula is C26H29N3. The van der Waals surface area contributed by atoms with E-state index in [2.05, 4.69) is 53.3 Å². The van der Waals surface area contributed by atoms with Gasteiger partial charge < -0.3 is 5.32 Å². The molecule has 0 aliphatic rings. The van der Waals surface area contributed by atoms with Crippen molar-refractivity contribution in [1.29, 1.82) is 0 Å². The number of para-hydroxylation sites is 2. The third-order valence-electron chi connectivity index (χ3n) is 5.59. The summed E-state index contributed by atoms with van der Waals surface area (Å²) in [6.07, 6.45) is 0. The van der Waals surface area contributed by atoms with Crippen LogP contribution in [0.2, 0.25) is 0 Å². The van der Waals surface area contributed by atoms with E-state index in [1.54, 1.807) is 0 Å². The minimum absolute atomic E-state index is 0.938. The molecule has 0 saturated heterocycles. The van der Waals surface area contributed by atoms with Crippen molar-refractivity contribution in [1.82, 2.24) is 0 Å².